The van der Waals surface area contributed by atoms with Crippen LogP contribution in [-0.2, 0) is 39.9 Å². The van der Waals surface area contributed by atoms with Crippen molar-refractivity contribution >= 4 is 74.7 Å². The fraction of sp³-hybridized carbons (Fsp3) is 0.233. The van der Waals surface area contributed by atoms with E-state index in [1.54, 1.807) is 4.72 Å². The number of fused-ring (bicyclic) bond motifs is 5. The Hall–Kier alpha value is -7.70. The first-order valence-electron chi connectivity index (χ1n) is 20.3. The molecule has 0 saturated heterocycles. The normalized spacial score (nSPS) is 14.3. The van der Waals surface area contributed by atoms with Gasteiger partial charge in [-0.2, -0.15) is 23.2 Å². The van der Waals surface area contributed by atoms with E-state index < -0.39 is 176 Å². The zero-order valence-corrected chi connectivity index (χ0v) is 39.6. The molecule has 1 unspecified atom stereocenters. The third-order valence-corrected chi connectivity index (χ3v) is 14.2. The highest BCUT2D eigenvalue weighted by molar-refractivity contribution is 7.92. The molecule has 1 atom stereocenters. The van der Waals surface area contributed by atoms with Gasteiger partial charge in [-0.25, -0.2) is 21.8 Å². The molecule has 0 fully saturated rings. The van der Waals surface area contributed by atoms with Gasteiger partial charge in [-0.15, -0.1) is 11.3 Å². The van der Waals surface area contributed by atoms with Crippen molar-refractivity contribution in [3.05, 3.63) is 70.3 Å². The second kappa shape index (κ2) is 19.8. The van der Waals surface area contributed by atoms with Gasteiger partial charge >= 0.3 is 37.6 Å². The average Bonchev–Trinajstić information content (AvgIpc) is 3.75. The van der Waals surface area contributed by atoms with E-state index in [0.717, 1.165) is 45.9 Å². The predicted octanol–water partition coefficient (Wildman–Crippen LogP) is 5.85. The van der Waals surface area contributed by atoms with Gasteiger partial charge in [0.1, 0.15) is 52.2 Å². The van der Waals surface area contributed by atoms with Gasteiger partial charge in [-0.3, -0.25) is 28.8 Å². The number of nitriles is 1. The summed E-state index contributed by atoms with van der Waals surface area (Å²) in [5.41, 5.74) is -7.63. The number of esters is 4. The van der Waals surface area contributed by atoms with Gasteiger partial charge in [0.05, 0.1) is 35.0 Å². The van der Waals surface area contributed by atoms with Crippen LogP contribution in [0.3, 0.4) is 0 Å². The van der Waals surface area contributed by atoms with Crippen molar-refractivity contribution in [1.29, 1.82) is 5.26 Å². The Kier molecular flexibility index (Phi) is 14.4. The maximum Gasteiger partial charge on any atom is 0.417 e. The zero-order chi connectivity index (χ0) is 52.8. The number of nitrogens with one attached hydrogen (secondary N) is 3. The molecule has 7 rings (SSSR count). The number of thiophene rings is 1. The summed E-state index contributed by atoms with van der Waals surface area (Å²) in [5.74, 6) is -15.0. The summed E-state index contributed by atoms with van der Waals surface area (Å²) in [6.07, 6.45) is -6.68. The summed E-state index contributed by atoms with van der Waals surface area (Å²) >= 11 is -0.0114. The van der Waals surface area contributed by atoms with Crippen LogP contribution in [0.2, 0.25) is 0 Å². The van der Waals surface area contributed by atoms with Crippen LogP contribution in [0.5, 0.6) is 40.2 Å². The van der Waals surface area contributed by atoms with Gasteiger partial charge in [-0.05, 0) is 36.4 Å². The van der Waals surface area contributed by atoms with E-state index in [0.29, 0.717) is 12.1 Å². The Balaban J connectivity index is 1.53. The van der Waals surface area contributed by atoms with Crippen LogP contribution < -0.4 is 48.3 Å². The number of ether oxygens (including phenoxy) is 6. The van der Waals surface area contributed by atoms with Crippen LogP contribution in [0.25, 0.3) is 32.3 Å². The maximum absolute atomic E-state index is 18.1. The molecule has 3 heterocycles. The molecule has 0 spiro atoms. The first-order chi connectivity index (χ1) is 33.7. The summed E-state index contributed by atoms with van der Waals surface area (Å²) < 4.78 is 155. The summed E-state index contributed by atoms with van der Waals surface area (Å²) in [5, 5.41) is 13.0. The lowest BCUT2D eigenvalue weighted by molar-refractivity contribution is -0.138. The van der Waals surface area contributed by atoms with E-state index in [4.69, 9.17) is 38.2 Å². The van der Waals surface area contributed by atoms with E-state index in [1.807, 2.05) is 0 Å². The average molecular weight is 1070 g/mol. The summed E-state index contributed by atoms with van der Waals surface area (Å²) in [4.78, 5) is 88.8. The highest BCUT2D eigenvalue weighted by Crippen LogP contribution is 2.55. The fourth-order valence-corrected chi connectivity index (χ4v) is 11.2. The smallest absolute Gasteiger partial charge is 0.417 e. The second-order valence-corrected chi connectivity index (χ2v) is 19.9. The first-order valence-corrected chi connectivity index (χ1v) is 24.3. The molecule has 4 bridgehead atoms. The molecule has 4 N–H and O–H groups in total. The molecule has 72 heavy (non-hydrogen) atoms. The van der Waals surface area contributed by atoms with Crippen LogP contribution in [0.1, 0.15) is 59.5 Å². The number of alkyl halides is 3. The molecule has 2 aliphatic rings. The number of amides is 2. The molecule has 378 valence electrons. The van der Waals surface area contributed by atoms with Crippen LogP contribution >= 0.6 is 18.9 Å². The lowest BCUT2D eigenvalue weighted by Gasteiger charge is -2.26. The number of carbonyl (C=O) groups excluding carboxylic acids is 6. The van der Waals surface area contributed by atoms with Gasteiger partial charge in [0.25, 0.3) is 21.8 Å². The number of nitrogens with zero attached hydrogens (tertiary/aromatic N) is 1. The lowest BCUT2D eigenvalue weighted by atomic mass is 9.88. The quantitative estimate of drug-likeness (QED) is 0.0493. The van der Waals surface area contributed by atoms with Gasteiger partial charge < -0.3 is 48.5 Å². The molecule has 0 saturated carbocycles. The Morgan fingerprint density at radius 1 is 0.778 bits per heavy atom. The molecule has 1 aromatic heterocycles. The lowest BCUT2D eigenvalue weighted by Crippen LogP contribution is -2.32. The van der Waals surface area contributed by atoms with E-state index in [1.165, 1.54) is 6.07 Å². The van der Waals surface area contributed by atoms with Crippen molar-refractivity contribution < 1.29 is 102 Å². The fourth-order valence-electron chi connectivity index (χ4n) is 7.21. The molecule has 0 radical (unpaired) electrons. The molecule has 5 aromatic rings. The van der Waals surface area contributed by atoms with Crippen molar-refractivity contribution in [2.45, 2.75) is 38.1 Å². The van der Waals surface area contributed by atoms with Crippen LogP contribution in [0, 0.1) is 23.0 Å². The summed E-state index contributed by atoms with van der Waals surface area (Å²) in [6, 6.07) is 5.18. The number of hydrogen-bond acceptors (Lipinski definition) is 18. The van der Waals surface area contributed by atoms with E-state index in [-0.39, 0.29) is 43.7 Å². The van der Waals surface area contributed by atoms with Gasteiger partial charge in [0.2, 0.25) is 0 Å². The topological polar surface area (TPSA) is 298 Å². The summed E-state index contributed by atoms with van der Waals surface area (Å²) in [7, 11) is -10.5. The monoisotopic (exact) mass is 1070 g/mol. The SMILES string of the molecule is CC(=O)Oc1c2cc(-c3c(-c4cc5c(OC(C)=O)c(c4OC(C)=O)C(=O)NCCO5)c(F)c4sc(S(=O)(=O)NCP(=O)(O)Oc5ccc(C#N)c(C(F)(F)F)c5)cc4c3F)c(OC(C)=O)c1C(=O)NCCO2. The third-order valence-electron chi connectivity index (χ3n) is 9.88. The molecule has 2 amide bonds. The first kappa shape index (κ1) is 52.1. The number of hydrogen-bond donors (Lipinski definition) is 4. The minimum atomic E-state index is -5.29. The Morgan fingerprint density at radius 3 is 1.71 bits per heavy atom. The van der Waals surface area contributed by atoms with E-state index in [2.05, 4.69) is 10.6 Å². The van der Waals surface area contributed by atoms with Gasteiger partial charge in [-0.1, -0.05) is 0 Å². The minimum absolute atomic E-state index is 0.0114. The van der Waals surface area contributed by atoms with E-state index >= 15 is 8.78 Å². The number of halogens is 5. The largest absolute Gasteiger partial charge is 0.488 e. The molecule has 29 heteroatoms. The van der Waals surface area contributed by atoms with E-state index in [9.17, 15) is 59.8 Å². The Bertz CT molecular complexity index is 3260. The number of sulfonamides is 1. The Morgan fingerprint density at radius 2 is 1.25 bits per heavy atom. The maximum atomic E-state index is 18.1. The van der Waals surface area contributed by atoms with Gasteiger partial charge in [0, 0.05) is 55.3 Å². The van der Waals surface area contributed by atoms with Crippen molar-refractivity contribution in [1.82, 2.24) is 15.4 Å². The molecule has 0 aliphatic carbocycles. The van der Waals surface area contributed by atoms with Crippen molar-refractivity contribution in [2.24, 2.45) is 0 Å². The number of rotatable bonds is 12. The van der Waals surface area contributed by atoms with Crippen molar-refractivity contribution in [2.75, 3.05) is 32.6 Å². The molecular formula is C43H32F5N4O17PS2. The molecular weight excluding hydrogens is 1030 g/mol. The second-order valence-electron chi connectivity index (χ2n) is 15.0. The Labute approximate surface area is 405 Å². The zero-order valence-electron chi connectivity index (χ0n) is 37.1. The molecule has 2 aliphatic heterocycles. The highest BCUT2D eigenvalue weighted by atomic mass is 32.2. The molecule has 4 aromatic carbocycles. The standard InChI is InChI=1S/C43H32F5N4O17PS2/c1-17(53)65-36-23(12-27-38(67-19(3)55)32(36)41(57)50-7-9-63-27)30-31(24-13-28-39(68-20(4)56)33(37(24)66-18(2)54)42(58)51-8-10-64-28)35(45)40-25(34(30)44)14-29(71-40)72(61,62)52-16-70(59,60)69-22-6-5-21(15-49)26(11-22)43(46,47)48/h5-6,11-14,52H,7-10,16H2,1-4H3,(H,50,57)(H,51,58)(H,59,60). The van der Waals surface area contributed by atoms with Crippen LogP contribution in [-0.4, -0.2) is 81.6 Å². The van der Waals surface area contributed by atoms with Crippen LogP contribution in [0.4, 0.5) is 22.0 Å². The van der Waals surface area contributed by atoms with Crippen LogP contribution in [0.15, 0.2) is 40.6 Å². The number of carbonyl (C=O) groups is 6. The van der Waals surface area contributed by atoms with Crippen molar-refractivity contribution in [3.63, 3.8) is 0 Å². The van der Waals surface area contributed by atoms with Crippen molar-refractivity contribution in [3.8, 4) is 68.6 Å². The number of benzene rings is 4. The highest BCUT2D eigenvalue weighted by Gasteiger charge is 2.40. The predicted molar refractivity (Wildman–Crippen MR) is 235 cm³/mol. The molecule has 21 nitrogen and oxygen atoms in total. The minimum Gasteiger partial charge on any atom is -0.488 e. The summed E-state index contributed by atoms with van der Waals surface area (Å²) in [6.45, 7) is 2.48. The third kappa shape index (κ3) is 10.5. The van der Waals surface area contributed by atoms with Gasteiger partial charge in [0.15, 0.2) is 34.5 Å².